The highest BCUT2D eigenvalue weighted by Crippen LogP contribution is 2.35. The molecule has 0 N–H and O–H groups in total. The van der Waals surface area contributed by atoms with Crippen LogP contribution < -0.4 is 0 Å². The van der Waals surface area contributed by atoms with E-state index in [9.17, 15) is 19.2 Å². The fraction of sp³-hybridized carbons (Fsp3) is 0.591. The predicted octanol–water partition coefficient (Wildman–Crippen LogP) is 3.58. The molecule has 1 heterocycles. The lowest BCUT2D eigenvalue weighted by molar-refractivity contribution is -0.168. The van der Waals surface area contributed by atoms with Gasteiger partial charge in [-0.25, -0.2) is 4.98 Å². The third kappa shape index (κ3) is 7.70. The first-order valence-corrected chi connectivity index (χ1v) is 10.4. The molecule has 1 aromatic heterocycles. The van der Waals surface area contributed by atoms with Gasteiger partial charge in [0.1, 0.15) is 17.4 Å². The number of methoxy groups -OCH3 is 1. The van der Waals surface area contributed by atoms with E-state index in [-0.39, 0.29) is 42.6 Å². The van der Waals surface area contributed by atoms with Crippen LogP contribution in [0.5, 0.6) is 0 Å². The normalized spacial score (nSPS) is 13.2. The Morgan fingerprint density at radius 2 is 1.81 bits per heavy atom. The zero-order valence-corrected chi connectivity index (χ0v) is 19.4. The Hall–Kier alpha value is -2.32. The molecule has 31 heavy (non-hydrogen) atoms. The molecule has 172 valence electrons. The predicted molar refractivity (Wildman–Crippen MR) is 114 cm³/mol. The minimum Gasteiger partial charge on any atom is -0.466 e. The highest BCUT2D eigenvalue weighted by Gasteiger charge is 2.54. The summed E-state index contributed by atoms with van der Waals surface area (Å²) in [6, 6.07) is 2.67. The SMILES string of the molecule is CCOC(=O)CCCCC(C(=O)COC)(C(=O)OC(C)(C)C)C(=O)c1ccnc(Cl)c1. The molecule has 0 radical (unpaired) electrons. The van der Waals surface area contributed by atoms with Crippen molar-refractivity contribution >= 4 is 35.1 Å². The van der Waals surface area contributed by atoms with Gasteiger partial charge in [0.05, 0.1) is 6.61 Å². The molecule has 1 atom stereocenters. The second kappa shape index (κ2) is 11.9. The maximum atomic E-state index is 13.5. The summed E-state index contributed by atoms with van der Waals surface area (Å²) in [4.78, 5) is 55.4. The van der Waals surface area contributed by atoms with Gasteiger partial charge in [0.2, 0.25) is 0 Å². The Bertz CT molecular complexity index is 803. The Balaban J connectivity index is 3.35. The largest absolute Gasteiger partial charge is 0.466 e. The van der Waals surface area contributed by atoms with Gasteiger partial charge in [-0.15, -0.1) is 0 Å². The van der Waals surface area contributed by atoms with Crippen LogP contribution >= 0.6 is 11.6 Å². The molecule has 0 aliphatic rings. The molecular weight excluding hydrogens is 426 g/mol. The molecule has 0 spiro atoms. The number of pyridine rings is 1. The van der Waals surface area contributed by atoms with Gasteiger partial charge >= 0.3 is 11.9 Å². The van der Waals surface area contributed by atoms with Crippen molar-refractivity contribution in [3.05, 3.63) is 29.0 Å². The first kappa shape index (κ1) is 26.7. The van der Waals surface area contributed by atoms with Crippen LogP contribution in [-0.4, -0.2) is 54.4 Å². The Labute approximate surface area is 187 Å². The molecule has 1 rings (SSSR count). The molecule has 0 aliphatic heterocycles. The van der Waals surface area contributed by atoms with E-state index in [0.717, 1.165) is 0 Å². The van der Waals surface area contributed by atoms with E-state index in [2.05, 4.69) is 4.98 Å². The number of nitrogens with zero attached hydrogens (tertiary/aromatic N) is 1. The highest BCUT2D eigenvalue weighted by atomic mass is 35.5. The number of halogens is 1. The van der Waals surface area contributed by atoms with Crippen LogP contribution in [0.25, 0.3) is 0 Å². The van der Waals surface area contributed by atoms with Crippen molar-refractivity contribution in [3.63, 3.8) is 0 Å². The summed E-state index contributed by atoms with van der Waals surface area (Å²) in [7, 11) is 1.30. The molecule has 9 heteroatoms. The number of hydrogen-bond acceptors (Lipinski definition) is 8. The van der Waals surface area contributed by atoms with E-state index in [4.69, 9.17) is 25.8 Å². The summed E-state index contributed by atoms with van der Waals surface area (Å²) >= 11 is 5.92. The summed E-state index contributed by atoms with van der Waals surface area (Å²) < 4.78 is 15.3. The number of carbonyl (C=O) groups is 4. The second-order valence-corrected chi connectivity index (χ2v) is 8.36. The average molecular weight is 456 g/mol. The molecule has 0 amide bonds. The topological polar surface area (TPSA) is 109 Å². The van der Waals surface area contributed by atoms with Crippen molar-refractivity contribution in [1.82, 2.24) is 4.98 Å². The molecule has 1 unspecified atom stereocenters. The van der Waals surface area contributed by atoms with Crippen LogP contribution in [0.15, 0.2) is 18.3 Å². The number of hydrogen-bond donors (Lipinski definition) is 0. The number of aromatic nitrogens is 1. The molecule has 0 fully saturated rings. The number of esters is 2. The van der Waals surface area contributed by atoms with E-state index in [1.54, 1.807) is 27.7 Å². The van der Waals surface area contributed by atoms with Crippen LogP contribution in [0.3, 0.4) is 0 Å². The zero-order valence-electron chi connectivity index (χ0n) is 18.7. The first-order valence-electron chi connectivity index (χ1n) is 10.1. The summed E-state index contributed by atoms with van der Waals surface area (Å²) in [5, 5.41) is 0.0467. The lowest BCUT2D eigenvalue weighted by Gasteiger charge is -2.32. The van der Waals surface area contributed by atoms with E-state index in [0.29, 0.717) is 6.42 Å². The van der Waals surface area contributed by atoms with Crippen molar-refractivity contribution in [2.24, 2.45) is 5.41 Å². The van der Waals surface area contributed by atoms with Crippen molar-refractivity contribution in [1.29, 1.82) is 0 Å². The average Bonchev–Trinajstić information content (AvgIpc) is 2.66. The van der Waals surface area contributed by atoms with Crippen molar-refractivity contribution in [3.8, 4) is 0 Å². The molecular formula is C22H30ClNO7. The standard InChI is InChI=1S/C22H30ClNO7/c1-6-30-18(26)9-7-8-11-22(16(25)14-29-5,20(28)31-21(2,3)4)19(27)15-10-12-24-17(23)13-15/h10,12-13H,6-9,11,14H2,1-5H3. The van der Waals surface area contributed by atoms with Crippen molar-refractivity contribution in [2.45, 2.75) is 59.0 Å². The molecule has 1 aromatic rings. The van der Waals surface area contributed by atoms with Crippen LogP contribution in [0, 0.1) is 5.41 Å². The smallest absolute Gasteiger partial charge is 0.328 e. The van der Waals surface area contributed by atoms with E-state index < -0.39 is 35.2 Å². The maximum Gasteiger partial charge on any atom is 0.328 e. The highest BCUT2D eigenvalue weighted by molar-refractivity contribution is 6.31. The van der Waals surface area contributed by atoms with Gasteiger partial charge in [0.25, 0.3) is 0 Å². The van der Waals surface area contributed by atoms with Gasteiger partial charge < -0.3 is 14.2 Å². The quantitative estimate of drug-likeness (QED) is 0.155. The summed E-state index contributed by atoms with van der Waals surface area (Å²) in [5.41, 5.74) is -3.01. The third-order valence-corrected chi connectivity index (χ3v) is 4.57. The molecule has 0 saturated carbocycles. The summed E-state index contributed by atoms with van der Waals surface area (Å²) in [5.74, 6) is -2.82. The first-order chi connectivity index (χ1) is 14.5. The van der Waals surface area contributed by atoms with Crippen molar-refractivity contribution in [2.75, 3.05) is 20.3 Å². The lowest BCUT2D eigenvalue weighted by atomic mass is 9.72. The van der Waals surface area contributed by atoms with Crippen LogP contribution in [-0.2, 0) is 28.6 Å². The number of rotatable bonds is 12. The van der Waals surface area contributed by atoms with Crippen molar-refractivity contribution < 1.29 is 33.4 Å². The summed E-state index contributed by atoms with van der Waals surface area (Å²) in [6.45, 7) is 6.43. The van der Waals surface area contributed by atoms with Gasteiger partial charge in [-0.05, 0) is 52.7 Å². The fourth-order valence-electron chi connectivity index (χ4n) is 2.99. The number of carbonyl (C=O) groups excluding carboxylic acids is 4. The Morgan fingerprint density at radius 3 is 2.35 bits per heavy atom. The van der Waals surface area contributed by atoms with Crippen LogP contribution in [0.2, 0.25) is 5.15 Å². The minimum atomic E-state index is -2.14. The third-order valence-electron chi connectivity index (χ3n) is 4.36. The summed E-state index contributed by atoms with van der Waals surface area (Å²) in [6.07, 6.45) is 1.83. The molecule has 8 nitrogen and oxygen atoms in total. The van der Waals surface area contributed by atoms with Gasteiger partial charge in [0, 0.05) is 25.3 Å². The number of unbranched alkanes of at least 4 members (excludes halogenated alkanes) is 1. The van der Waals surface area contributed by atoms with Gasteiger partial charge in [0.15, 0.2) is 17.0 Å². The number of ketones is 2. The molecule has 0 aromatic carbocycles. The number of ether oxygens (including phenoxy) is 3. The molecule has 0 saturated heterocycles. The number of Topliss-reactive ketones (excluding diaryl/α,β-unsaturated/α-hetero) is 2. The second-order valence-electron chi connectivity index (χ2n) is 7.97. The Kier molecular flexibility index (Phi) is 10.3. The Morgan fingerprint density at radius 1 is 1.13 bits per heavy atom. The molecule has 0 aliphatic carbocycles. The lowest BCUT2D eigenvalue weighted by Crippen LogP contribution is -2.50. The van der Waals surface area contributed by atoms with Crippen LogP contribution in [0.1, 0.15) is 63.7 Å². The van der Waals surface area contributed by atoms with Gasteiger partial charge in [-0.2, -0.15) is 0 Å². The van der Waals surface area contributed by atoms with E-state index in [1.165, 1.54) is 25.4 Å². The zero-order chi connectivity index (χ0) is 23.7. The fourth-order valence-corrected chi connectivity index (χ4v) is 3.16. The molecule has 0 bridgehead atoms. The van der Waals surface area contributed by atoms with E-state index >= 15 is 0 Å². The van der Waals surface area contributed by atoms with E-state index in [1.807, 2.05) is 0 Å². The van der Waals surface area contributed by atoms with Gasteiger partial charge in [-0.3, -0.25) is 19.2 Å². The van der Waals surface area contributed by atoms with Crippen LogP contribution in [0.4, 0.5) is 0 Å². The maximum absolute atomic E-state index is 13.5. The van der Waals surface area contributed by atoms with Gasteiger partial charge in [-0.1, -0.05) is 18.0 Å². The minimum absolute atomic E-state index is 0.0467. The monoisotopic (exact) mass is 455 g/mol.